The van der Waals surface area contributed by atoms with Gasteiger partial charge in [-0.05, 0) is 55.2 Å². The van der Waals surface area contributed by atoms with Crippen LogP contribution in [0.4, 0.5) is 10.1 Å². The van der Waals surface area contributed by atoms with Crippen molar-refractivity contribution in [1.29, 1.82) is 0 Å². The van der Waals surface area contributed by atoms with Crippen molar-refractivity contribution in [1.82, 2.24) is 14.6 Å². The van der Waals surface area contributed by atoms with Crippen LogP contribution >= 0.6 is 0 Å². The summed E-state index contributed by atoms with van der Waals surface area (Å²) < 4.78 is 49.0. The summed E-state index contributed by atoms with van der Waals surface area (Å²) in [5.41, 5.74) is 2.19. The number of carbonyl (C=O) groups excluding carboxylic acids is 1. The number of carbonyl (C=O) groups is 1. The average molecular weight is 613 g/mol. The first-order valence-corrected chi connectivity index (χ1v) is 16.2. The smallest absolute Gasteiger partial charge is 0.244 e. The van der Waals surface area contributed by atoms with Gasteiger partial charge in [-0.3, -0.25) is 14.2 Å². The number of halogens is 1. The second-order valence-electron chi connectivity index (χ2n) is 10.8. The third-order valence-electron chi connectivity index (χ3n) is 7.63. The molecule has 0 bridgehead atoms. The van der Waals surface area contributed by atoms with Crippen molar-refractivity contribution in [3.05, 3.63) is 90.3 Å². The number of nitrogens with one attached hydrogen (secondary N) is 2. The molecule has 0 aliphatic carbocycles. The number of rotatable bonds is 16. The maximum absolute atomic E-state index is 13.9. The van der Waals surface area contributed by atoms with E-state index in [1.165, 1.54) is 12.4 Å². The predicted molar refractivity (Wildman–Crippen MR) is 164 cm³/mol. The molecular formula is C32H41FN4O5S. The zero-order valence-corrected chi connectivity index (χ0v) is 25.1. The molecule has 1 saturated heterocycles. The minimum Gasteiger partial charge on any atom is -0.394 e. The first-order chi connectivity index (χ1) is 20.9. The Bertz CT molecular complexity index is 1370. The van der Waals surface area contributed by atoms with E-state index in [1.54, 1.807) is 11.0 Å². The van der Waals surface area contributed by atoms with E-state index in [-0.39, 0.29) is 55.7 Å². The molecular weight excluding hydrogens is 571 g/mol. The molecule has 2 aromatic carbocycles. The fourth-order valence-electron chi connectivity index (χ4n) is 5.37. The summed E-state index contributed by atoms with van der Waals surface area (Å²) in [5.74, 6) is -0.0728. The molecule has 0 spiro atoms. The van der Waals surface area contributed by atoms with E-state index in [2.05, 4.69) is 15.0 Å². The number of aromatic nitrogens is 1. The Morgan fingerprint density at radius 1 is 1.02 bits per heavy atom. The molecule has 1 aliphatic heterocycles. The third-order valence-corrected chi connectivity index (χ3v) is 9.13. The Morgan fingerprint density at radius 2 is 1.67 bits per heavy atom. The minimum atomic E-state index is -4.21. The summed E-state index contributed by atoms with van der Waals surface area (Å²) in [6.07, 6.45) is 5.37. The van der Waals surface area contributed by atoms with E-state index >= 15 is 0 Å². The number of ether oxygens (including phenoxy) is 1. The van der Waals surface area contributed by atoms with E-state index in [0.29, 0.717) is 44.5 Å². The van der Waals surface area contributed by atoms with Crippen LogP contribution in [0.3, 0.4) is 0 Å². The number of hydrogen-bond donors (Lipinski definition) is 3. The quantitative estimate of drug-likeness (QED) is 0.212. The number of likely N-dealkylation sites (tertiary alicyclic amines) is 1. The predicted octanol–water partition coefficient (Wildman–Crippen LogP) is 3.60. The Kier molecular flexibility index (Phi) is 12.5. The lowest BCUT2D eigenvalue weighted by molar-refractivity contribution is -0.134. The van der Waals surface area contributed by atoms with E-state index in [1.807, 2.05) is 60.7 Å². The van der Waals surface area contributed by atoms with Gasteiger partial charge < -0.3 is 20.1 Å². The van der Waals surface area contributed by atoms with Crippen LogP contribution in [-0.4, -0.2) is 81.0 Å². The number of anilines is 1. The Morgan fingerprint density at radius 3 is 2.30 bits per heavy atom. The highest BCUT2D eigenvalue weighted by Crippen LogP contribution is 2.24. The maximum Gasteiger partial charge on any atom is 0.244 e. The standard InChI is InChI=1S/C32H41FN4O5S/c33-15-11-25-13-17-37(18-14-25)32(39)30(22-27-9-5-2-6-10-27)36-43(40,41)31-23-34-16-12-29(31)35-28(24-42-20-19-38)21-26-7-3-1-4-8-26/h1-10,12,16,23,25,28,30,36,38H,11,13-15,17-22,24H2,(H,34,35)/t28-,30-/m0/s1. The van der Waals surface area contributed by atoms with Crippen molar-refractivity contribution >= 4 is 21.6 Å². The van der Waals surface area contributed by atoms with Gasteiger partial charge in [-0.15, -0.1) is 0 Å². The van der Waals surface area contributed by atoms with Crippen molar-refractivity contribution in [3.63, 3.8) is 0 Å². The lowest BCUT2D eigenvalue weighted by Gasteiger charge is -2.34. The first-order valence-electron chi connectivity index (χ1n) is 14.7. The number of amides is 1. The number of nitrogens with zero attached hydrogens (tertiary/aromatic N) is 2. The largest absolute Gasteiger partial charge is 0.394 e. The van der Waals surface area contributed by atoms with Crippen LogP contribution in [0.2, 0.25) is 0 Å². The highest BCUT2D eigenvalue weighted by molar-refractivity contribution is 7.89. The van der Waals surface area contributed by atoms with Gasteiger partial charge in [-0.1, -0.05) is 60.7 Å². The molecule has 1 amide bonds. The summed E-state index contributed by atoms with van der Waals surface area (Å²) in [6.45, 7) is 0.816. The number of benzene rings is 2. The molecule has 0 saturated carbocycles. The van der Waals surface area contributed by atoms with Gasteiger partial charge in [0, 0.05) is 25.5 Å². The van der Waals surface area contributed by atoms with Crippen LogP contribution in [0.25, 0.3) is 0 Å². The summed E-state index contributed by atoms with van der Waals surface area (Å²) >= 11 is 0. The Balaban J connectivity index is 1.56. The molecule has 2 atom stereocenters. The highest BCUT2D eigenvalue weighted by Gasteiger charge is 2.33. The molecule has 3 N–H and O–H groups in total. The molecule has 43 heavy (non-hydrogen) atoms. The van der Waals surface area contributed by atoms with Gasteiger partial charge >= 0.3 is 0 Å². The van der Waals surface area contributed by atoms with Crippen LogP contribution in [0, 0.1) is 5.92 Å². The Hall–Kier alpha value is -3.38. The monoisotopic (exact) mass is 612 g/mol. The van der Waals surface area contributed by atoms with Gasteiger partial charge in [0.1, 0.15) is 10.9 Å². The van der Waals surface area contributed by atoms with Gasteiger partial charge in [-0.2, -0.15) is 4.72 Å². The second kappa shape index (κ2) is 16.5. The van der Waals surface area contributed by atoms with Crippen molar-refractivity contribution in [2.75, 3.05) is 44.9 Å². The number of hydrogen-bond acceptors (Lipinski definition) is 7. The fraction of sp³-hybridized carbons (Fsp3) is 0.438. The number of aliphatic hydroxyl groups is 1. The highest BCUT2D eigenvalue weighted by atomic mass is 32.2. The average Bonchev–Trinajstić information content (AvgIpc) is 3.02. The van der Waals surface area contributed by atoms with Crippen molar-refractivity contribution in [2.45, 2.75) is 49.1 Å². The normalized spacial score (nSPS) is 15.6. The van der Waals surface area contributed by atoms with Gasteiger partial charge in [0.05, 0.1) is 38.2 Å². The van der Waals surface area contributed by atoms with Crippen LogP contribution < -0.4 is 10.0 Å². The van der Waals surface area contributed by atoms with E-state index in [9.17, 15) is 22.7 Å². The topological polar surface area (TPSA) is 121 Å². The van der Waals surface area contributed by atoms with Crippen LogP contribution in [0.5, 0.6) is 0 Å². The number of sulfonamides is 1. The summed E-state index contributed by atoms with van der Waals surface area (Å²) in [5, 5.41) is 12.5. The van der Waals surface area contributed by atoms with E-state index in [4.69, 9.17) is 4.74 Å². The van der Waals surface area contributed by atoms with Gasteiger partial charge in [0.25, 0.3) is 0 Å². The van der Waals surface area contributed by atoms with Crippen molar-refractivity contribution < 1.29 is 27.4 Å². The van der Waals surface area contributed by atoms with E-state index < -0.39 is 16.1 Å². The minimum absolute atomic E-state index is 0.0808. The molecule has 3 aromatic rings. The lowest BCUT2D eigenvalue weighted by atomic mass is 9.93. The Labute approximate surface area is 253 Å². The summed E-state index contributed by atoms with van der Waals surface area (Å²) in [7, 11) is -4.21. The van der Waals surface area contributed by atoms with Gasteiger partial charge in [0.2, 0.25) is 15.9 Å². The number of pyridine rings is 1. The van der Waals surface area contributed by atoms with Gasteiger partial charge in [-0.25, -0.2) is 8.42 Å². The molecule has 11 heteroatoms. The van der Waals surface area contributed by atoms with Crippen LogP contribution in [-0.2, 0) is 32.4 Å². The number of alkyl halides is 1. The third kappa shape index (κ3) is 9.82. The zero-order chi connectivity index (χ0) is 30.5. The SMILES string of the molecule is O=C([C@H](Cc1ccccc1)NS(=O)(=O)c1cnccc1N[C@H](COCCO)Cc1ccccc1)N1CCC(CCF)CC1. The number of aliphatic hydroxyl groups excluding tert-OH is 1. The molecule has 2 heterocycles. The molecule has 1 aliphatic rings. The second-order valence-corrected chi connectivity index (χ2v) is 12.5. The first kappa shape index (κ1) is 32.5. The lowest BCUT2D eigenvalue weighted by Crippen LogP contribution is -2.51. The number of piperidine rings is 1. The maximum atomic E-state index is 13.9. The zero-order valence-electron chi connectivity index (χ0n) is 24.3. The molecule has 232 valence electrons. The molecule has 9 nitrogen and oxygen atoms in total. The molecule has 0 unspecified atom stereocenters. The van der Waals surface area contributed by atoms with Crippen molar-refractivity contribution in [3.8, 4) is 0 Å². The molecule has 1 fully saturated rings. The summed E-state index contributed by atoms with van der Waals surface area (Å²) in [6, 6.07) is 19.3. The summed E-state index contributed by atoms with van der Waals surface area (Å²) in [4.78, 5) is 19.4. The molecule has 1 aromatic heterocycles. The van der Waals surface area contributed by atoms with Gasteiger partial charge in [0.15, 0.2) is 0 Å². The molecule has 4 rings (SSSR count). The van der Waals surface area contributed by atoms with E-state index in [0.717, 1.165) is 11.1 Å². The molecule has 0 radical (unpaired) electrons. The fourth-order valence-corrected chi connectivity index (χ4v) is 6.67. The van der Waals surface area contributed by atoms with Crippen molar-refractivity contribution in [2.24, 2.45) is 5.92 Å². The van der Waals surface area contributed by atoms with Crippen LogP contribution in [0.1, 0.15) is 30.4 Å². The van der Waals surface area contributed by atoms with Crippen LogP contribution in [0.15, 0.2) is 84.0 Å².